The van der Waals surface area contributed by atoms with Crippen LogP contribution in [0.25, 0.3) is 0 Å². The maximum absolute atomic E-state index is 12.3. The van der Waals surface area contributed by atoms with Gasteiger partial charge in [0.1, 0.15) is 5.69 Å². The lowest BCUT2D eigenvalue weighted by Gasteiger charge is -2.21. The highest BCUT2D eigenvalue weighted by Gasteiger charge is 2.34. The second-order valence-electron chi connectivity index (χ2n) is 3.65. The minimum Gasteiger partial charge on any atom is -0.387 e. The number of pyridine rings is 1. The van der Waals surface area contributed by atoms with Gasteiger partial charge in [-0.1, -0.05) is 6.07 Å². The number of aliphatic hydroxyl groups is 1. The number of aryl methyl sites for hydroxylation is 1. The summed E-state index contributed by atoms with van der Waals surface area (Å²) < 4.78 is 37.0. The van der Waals surface area contributed by atoms with Crippen LogP contribution in [0.3, 0.4) is 0 Å². The molecule has 1 N–H and O–H groups in total. The van der Waals surface area contributed by atoms with Gasteiger partial charge < -0.3 is 5.11 Å². The SMILES string of the molecule is OC1CCCc2ccc(C(F)(F)F)nc21. The van der Waals surface area contributed by atoms with Gasteiger partial charge in [0.25, 0.3) is 0 Å². The molecule has 0 aromatic carbocycles. The molecule has 1 aliphatic rings. The van der Waals surface area contributed by atoms with E-state index in [0.29, 0.717) is 12.8 Å². The lowest BCUT2D eigenvalue weighted by atomic mass is 9.93. The molecule has 0 aliphatic heterocycles. The fourth-order valence-electron chi connectivity index (χ4n) is 1.78. The molecule has 2 nitrogen and oxygen atoms in total. The minimum absolute atomic E-state index is 0.191. The van der Waals surface area contributed by atoms with Crippen molar-refractivity contribution in [2.24, 2.45) is 0 Å². The third kappa shape index (κ3) is 1.97. The van der Waals surface area contributed by atoms with Crippen molar-refractivity contribution in [2.75, 3.05) is 0 Å². The summed E-state index contributed by atoms with van der Waals surface area (Å²) >= 11 is 0. The third-order valence-corrected chi connectivity index (χ3v) is 2.54. The van der Waals surface area contributed by atoms with E-state index in [9.17, 15) is 18.3 Å². The lowest BCUT2D eigenvalue weighted by Crippen LogP contribution is -2.16. The number of alkyl halides is 3. The Kier molecular flexibility index (Phi) is 2.42. The van der Waals surface area contributed by atoms with Crippen molar-refractivity contribution in [2.45, 2.75) is 31.5 Å². The monoisotopic (exact) mass is 217 g/mol. The van der Waals surface area contributed by atoms with Crippen LogP contribution in [0.2, 0.25) is 0 Å². The van der Waals surface area contributed by atoms with E-state index < -0.39 is 18.0 Å². The molecule has 1 aromatic rings. The second-order valence-corrected chi connectivity index (χ2v) is 3.65. The summed E-state index contributed by atoms with van der Waals surface area (Å²) in [6.07, 6.45) is -3.32. The normalized spacial score (nSPS) is 21.2. The zero-order chi connectivity index (χ0) is 11.1. The molecular formula is C10H10F3NO. The van der Waals surface area contributed by atoms with E-state index in [0.717, 1.165) is 18.1 Å². The summed E-state index contributed by atoms with van der Waals surface area (Å²) in [4.78, 5) is 3.49. The summed E-state index contributed by atoms with van der Waals surface area (Å²) in [5.74, 6) is 0. The molecule has 15 heavy (non-hydrogen) atoms. The van der Waals surface area contributed by atoms with Crippen LogP contribution in [0, 0.1) is 0 Å². The Morgan fingerprint density at radius 1 is 1.33 bits per heavy atom. The summed E-state index contributed by atoms with van der Waals surface area (Å²) in [5.41, 5.74) is -0.0139. The van der Waals surface area contributed by atoms with Crippen LogP contribution < -0.4 is 0 Å². The Morgan fingerprint density at radius 3 is 2.73 bits per heavy atom. The van der Waals surface area contributed by atoms with Crippen molar-refractivity contribution in [1.82, 2.24) is 4.98 Å². The topological polar surface area (TPSA) is 33.1 Å². The maximum Gasteiger partial charge on any atom is 0.433 e. The van der Waals surface area contributed by atoms with Gasteiger partial charge in [-0.05, 0) is 30.9 Å². The number of aromatic nitrogens is 1. The van der Waals surface area contributed by atoms with E-state index >= 15 is 0 Å². The van der Waals surface area contributed by atoms with E-state index in [1.807, 2.05) is 0 Å². The number of halogens is 3. The van der Waals surface area contributed by atoms with Crippen LogP contribution in [0.15, 0.2) is 12.1 Å². The van der Waals surface area contributed by atoms with Gasteiger partial charge in [-0.3, -0.25) is 0 Å². The van der Waals surface area contributed by atoms with Crippen LogP contribution in [0.5, 0.6) is 0 Å². The van der Waals surface area contributed by atoms with Gasteiger partial charge in [0, 0.05) is 0 Å². The molecule has 0 radical (unpaired) electrons. The third-order valence-electron chi connectivity index (χ3n) is 2.54. The van der Waals surface area contributed by atoms with Gasteiger partial charge in [0.2, 0.25) is 0 Å². The Balaban J connectivity index is 2.44. The van der Waals surface area contributed by atoms with Gasteiger partial charge in [0.15, 0.2) is 0 Å². The van der Waals surface area contributed by atoms with Crippen LogP contribution in [0.1, 0.15) is 35.9 Å². The molecule has 1 aromatic heterocycles. The zero-order valence-corrected chi connectivity index (χ0v) is 7.88. The molecule has 1 heterocycles. The Labute approximate surface area is 84.8 Å². The molecule has 82 valence electrons. The van der Waals surface area contributed by atoms with Gasteiger partial charge >= 0.3 is 6.18 Å². The summed E-state index contributed by atoms with van der Waals surface area (Å²) in [6, 6.07) is 2.38. The fraction of sp³-hybridized carbons (Fsp3) is 0.500. The van der Waals surface area contributed by atoms with E-state index in [1.165, 1.54) is 6.07 Å². The highest BCUT2D eigenvalue weighted by Crippen LogP contribution is 2.33. The number of fused-ring (bicyclic) bond motifs is 1. The predicted molar refractivity (Wildman–Crippen MR) is 47.1 cm³/mol. The van der Waals surface area contributed by atoms with Crippen molar-refractivity contribution in [1.29, 1.82) is 0 Å². The van der Waals surface area contributed by atoms with E-state index in [4.69, 9.17) is 0 Å². The van der Waals surface area contributed by atoms with Gasteiger partial charge in [0.05, 0.1) is 11.8 Å². The molecule has 0 bridgehead atoms. The number of rotatable bonds is 0. The molecular weight excluding hydrogens is 207 g/mol. The number of aliphatic hydroxyl groups excluding tert-OH is 1. The van der Waals surface area contributed by atoms with Crippen LogP contribution in [0.4, 0.5) is 13.2 Å². The number of hydrogen-bond acceptors (Lipinski definition) is 2. The smallest absolute Gasteiger partial charge is 0.387 e. The molecule has 0 amide bonds. The van der Waals surface area contributed by atoms with Gasteiger partial charge in [-0.2, -0.15) is 13.2 Å². The first-order chi connectivity index (χ1) is 6.98. The van der Waals surface area contributed by atoms with Crippen molar-refractivity contribution in [3.63, 3.8) is 0 Å². The first kappa shape index (κ1) is 10.4. The van der Waals surface area contributed by atoms with E-state index in [1.54, 1.807) is 0 Å². The molecule has 2 rings (SSSR count). The lowest BCUT2D eigenvalue weighted by molar-refractivity contribution is -0.141. The number of hydrogen-bond donors (Lipinski definition) is 1. The largest absolute Gasteiger partial charge is 0.433 e. The molecule has 1 unspecified atom stereocenters. The fourth-order valence-corrected chi connectivity index (χ4v) is 1.78. The Morgan fingerprint density at radius 2 is 2.07 bits per heavy atom. The summed E-state index contributed by atoms with van der Waals surface area (Å²) in [6.45, 7) is 0. The highest BCUT2D eigenvalue weighted by molar-refractivity contribution is 5.27. The zero-order valence-electron chi connectivity index (χ0n) is 7.88. The second kappa shape index (κ2) is 3.48. The van der Waals surface area contributed by atoms with Gasteiger partial charge in [-0.15, -0.1) is 0 Å². The van der Waals surface area contributed by atoms with Crippen molar-refractivity contribution in [3.05, 3.63) is 29.1 Å². The molecule has 0 saturated heterocycles. The molecule has 5 heteroatoms. The quantitative estimate of drug-likeness (QED) is 0.724. The van der Waals surface area contributed by atoms with Crippen LogP contribution in [-0.4, -0.2) is 10.1 Å². The average molecular weight is 217 g/mol. The summed E-state index contributed by atoms with van der Waals surface area (Å²) in [7, 11) is 0. The molecule has 0 fully saturated rings. The summed E-state index contributed by atoms with van der Waals surface area (Å²) in [5, 5.41) is 9.52. The first-order valence-electron chi connectivity index (χ1n) is 4.73. The minimum atomic E-state index is -4.44. The maximum atomic E-state index is 12.3. The van der Waals surface area contributed by atoms with Crippen molar-refractivity contribution < 1.29 is 18.3 Å². The van der Waals surface area contributed by atoms with E-state index in [-0.39, 0.29) is 5.69 Å². The molecule has 0 spiro atoms. The molecule has 1 atom stereocenters. The standard InChI is InChI=1S/C10H10F3NO/c11-10(12,13)8-5-4-6-2-1-3-7(15)9(6)14-8/h4-5,7,15H,1-3H2. The van der Waals surface area contributed by atoms with Crippen LogP contribution in [-0.2, 0) is 12.6 Å². The molecule has 1 aliphatic carbocycles. The van der Waals surface area contributed by atoms with Crippen molar-refractivity contribution in [3.8, 4) is 0 Å². The highest BCUT2D eigenvalue weighted by atomic mass is 19.4. The Bertz CT molecular complexity index is 375. The van der Waals surface area contributed by atoms with E-state index in [2.05, 4.69) is 4.98 Å². The van der Waals surface area contributed by atoms with Crippen molar-refractivity contribution >= 4 is 0 Å². The average Bonchev–Trinajstić information content (AvgIpc) is 2.16. The molecule has 0 saturated carbocycles. The first-order valence-corrected chi connectivity index (χ1v) is 4.73. The predicted octanol–water partition coefficient (Wildman–Crippen LogP) is 2.47. The van der Waals surface area contributed by atoms with Crippen LogP contribution >= 0.6 is 0 Å². The number of nitrogens with zero attached hydrogens (tertiary/aromatic N) is 1. The Hall–Kier alpha value is -1.10. The van der Waals surface area contributed by atoms with Gasteiger partial charge in [-0.25, -0.2) is 4.98 Å².